The summed E-state index contributed by atoms with van der Waals surface area (Å²) in [5.74, 6) is 0. The lowest BCUT2D eigenvalue weighted by Crippen LogP contribution is -2.21. The van der Waals surface area contributed by atoms with Crippen LogP contribution in [0, 0.1) is 0 Å². The molecule has 1 aliphatic rings. The molecule has 0 unspecified atom stereocenters. The Hall–Kier alpha value is -1.36. The quantitative estimate of drug-likeness (QED) is 0.760. The number of nitrogens with zero attached hydrogens (tertiary/aromatic N) is 2. The van der Waals surface area contributed by atoms with Gasteiger partial charge in [-0.05, 0) is 55.3 Å². The van der Waals surface area contributed by atoms with Gasteiger partial charge in [0, 0.05) is 50.4 Å². The molecule has 0 fully saturated rings. The third-order valence-electron chi connectivity index (χ3n) is 4.76. The molecule has 0 amide bonds. The first-order chi connectivity index (χ1) is 11.2. The summed E-state index contributed by atoms with van der Waals surface area (Å²) in [5.41, 5.74) is 5.79. The molecule has 1 aromatic carbocycles. The van der Waals surface area contributed by atoms with Crippen LogP contribution in [-0.4, -0.2) is 42.3 Å². The monoisotopic (exact) mass is 315 g/mol. The highest BCUT2D eigenvalue weighted by Gasteiger charge is 2.20. The van der Waals surface area contributed by atoms with Crippen LogP contribution >= 0.6 is 0 Å². The number of nitrogens with one attached hydrogen (secondary N) is 1. The van der Waals surface area contributed by atoms with E-state index in [9.17, 15) is 0 Å². The lowest BCUT2D eigenvalue weighted by atomic mass is 10.0. The molecule has 23 heavy (non-hydrogen) atoms. The van der Waals surface area contributed by atoms with Crippen LogP contribution in [0.3, 0.4) is 0 Å². The number of rotatable bonds is 8. The molecule has 126 valence electrons. The average Bonchev–Trinajstić information content (AvgIpc) is 3.07. The van der Waals surface area contributed by atoms with Crippen LogP contribution in [0.5, 0.6) is 0 Å². The molecule has 0 saturated heterocycles. The van der Waals surface area contributed by atoms with Gasteiger partial charge in [0.1, 0.15) is 0 Å². The number of aryl methyl sites for hydroxylation is 1. The van der Waals surface area contributed by atoms with Crippen molar-refractivity contribution in [3.05, 3.63) is 35.0 Å². The minimum Gasteiger partial charge on any atom is -0.380 e. The van der Waals surface area contributed by atoms with E-state index < -0.39 is 0 Å². The largest absolute Gasteiger partial charge is 0.380 e. The molecule has 0 aliphatic carbocycles. The molecule has 0 atom stereocenters. The Bertz CT molecular complexity index is 662. The minimum absolute atomic E-state index is 0.805. The van der Waals surface area contributed by atoms with Gasteiger partial charge < -0.3 is 14.6 Å². The van der Waals surface area contributed by atoms with E-state index >= 15 is 0 Å². The Morgan fingerprint density at radius 1 is 1.17 bits per heavy atom. The van der Waals surface area contributed by atoms with E-state index in [2.05, 4.69) is 54.0 Å². The van der Waals surface area contributed by atoms with Crippen LogP contribution in [0.15, 0.2) is 18.3 Å². The van der Waals surface area contributed by atoms with Crippen molar-refractivity contribution in [1.82, 2.24) is 14.8 Å². The van der Waals surface area contributed by atoms with Crippen LogP contribution in [0.2, 0.25) is 0 Å². The van der Waals surface area contributed by atoms with Crippen molar-refractivity contribution in [3.63, 3.8) is 0 Å². The van der Waals surface area contributed by atoms with Crippen LogP contribution < -0.4 is 5.32 Å². The van der Waals surface area contributed by atoms with E-state index in [-0.39, 0.29) is 0 Å². The van der Waals surface area contributed by atoms with Gasteiger partial charge in [0.15, 0.2) is 0 Å². The zero-order chi connectivity index (χ0) is 16.2. The molecule has 1 aliphatic heterocycles. The molecular formula is C19H29N3O. The summed E-state index contributed by atoms with van der Waals surface area (Å²) in [6, 6.07) is 4.81. The second-order valence-corrected chi connectivity index (χ2v) is 6.41. The summed E-state index contributed by atoms with van der Waals surface area (Å²) in [5, 5.41) is 4.85. The first-order valence-corrected chi connectivity index (χ1v) is 8.83. The molecule has 0 bridgehead atoms. The fourth-order valence-electron chi connectivity index (χ4n) is 3.53. The highest BCUT2D eigenvalue weighted by molar-refractivity contribution is 5.85. The van der Waals surface area contributed by atoms with Gasteiger partial charge in [0.05, 0.1) is 6.61 Å². The molecule has 0 saturated carbocycles. The molecule has 1 aromatic heterocycles. The highest BCUT2D eigenvalue weighted by Crippen LogP contribution is 2.30. The van der Waals surface area contributed by atoms with Crippen LogP contribution in [0.1, 0.15) is 30.5 Å². The van der Waals surface area contributed by atoms with Crippen molar-refractivity contribution in [2.24, 2.45) is 7.05 Å². The van der Waals surface area contributed by atoms with Gasteiger partial charge in [0.25, 0.3) is 0 Å². The average molecular weight is 315 g/mol. The van der Waals surface area contributed by atoms with Crippen molar-refractivity contribution < 1.29 is 4.74 Å². The second kappa shape index (κ2) is 7.47. The van der Waals surface area contributed by atoms with E-state index in [1.807, 2.05) is 0 Å². The molecular weight excluding hydrogens is 286 g/mol. The van der Waals surface area contributed by atoms with E-state index in [0.717, 1.165) is 52.4 Å². The molecule has 3 rings (SSSR count). The van der Waals surface area contributed by atoms with Crippen molar-refractivity contribution in [3.8, 4) is 0 Å². The minimum atomic E-state index is 0.805. The maximum atomic E-state index is 5.50. The SMILES string of the molecule is CCNCCc1cn(C)c2cc3c(cc12)CN(CCOCC)C3. The summed E-state index contributed by atoms with van der Waals surface area (Å²) < 4.78 is 7.77. The normalized spacial score (nSPS) is 14.7. The standard InChI is InChI=1S/C19H29N3O/c1-4-20-7-6-15-12-21(3)19-11-17-14-22(8-9-23-5-2)13-16(17)10-18(15)19/h10-12,20H,4-9,13-14H2,1-3H3. The number of ether oxygens (including phenoxy) is 1. The topological polar surface area (TPSA) is 29.4 Å². The van der Waals surface area contributed by atoms with Crippen molar-refractivity contribution in [1.29, 1.82) is 0 Å². The maximum Gasteiger partial charge on any atom is 0.0593 e. The third-order valence-corrected chi connectivity index (χ3v) is 4.76. The Labute approximate surface area is 139 Å². The van der Waals surface area contributed by atoms with E-state index in [1.54, 1.807) is 0 Å². The van der Waals surface area contributed by atoms with Gasteiger partial charge in [-0.15, -0.1) is 0 Å². The number of aromatic nitrogens is 1. The Morgan fingerprint density at radius 3 is 2.70 bits per heavy atom. The van der Waals surface area contributed by atoms with Gasteiger partial charge in [-0.25, -0.2) is 0 Å². The predicted octanol–water partition coefficient (Wildman–Crippen LogP) is 2.68. The molecule has 4 nitrogen and oxygen atoms in total. The zero-order valence-electron chi connectivity index (χ0n) is 14.7. The summed E-state index contributed by atoms with van der Waals surface area (Å²) in [6.07, 6.45) is 3.39. The van der Waals surface area contributed by atoms with Crippen LogP contribution in [-0.2, 0) is 31.3 Å². The zero-order valence-corrected chi connectivity index (χ0v) is 14.7. The molecule has 2 aromatic rings. The molecule has 4 heteroatoms. The van der Waals surface area contributed by atoms with Gasteiger partial charge in [0.2, 0.25) is 0 Å². The third kappa shape index (κ3) is 3.60. The van der Waals surface area contributed by atoms with E-state index in [4.69, 9.17) is 4.74 Å². The number of benzene rings is 1. The Balaban J connectivity index is 1.77. The second-order valence-electron chi connectivity index (χ2n) is 6.41. The van der Waals surface area contributed by atoms with Crippen molar-refractivity contribution >= 4 is 10.9 Å². The fraction of sp³-hybridized carbons (Fsp3) is 0.579. The summed E-state index contributed by atoms with van der Waals surface area (Å²) in [6.45, 7) is 11.1. The van der Waals surface area contributed by atoms with Gasteiger partial charge >= 0.3 is 0 Å². The number of hydrogen-bond acceptors (Lipinski definition) is 3. The summed E-state index contributed by atoms with van der Waals surface area (Å²) in [4.78, 5) is 2.48. The number of hydrogen-bond donors (Lipinski definition) is 1. The first kappa shape index (κ1) is 16.5. The Morgan fingerprint density at radius 2 is 1.96 bits per heavy atom. The van der Waals surface area contributed by atoms with Crippen molar-refractivity contribution in [2.75, 3.05) is 32.8 Å². The molecule has 0 radical (unpaired) electrons. The Kier molecular flexibility index (Phi) is 5.36. The van der Waals surface area contributed by atoms with E-state index in [0.29, 0.717) is 0 Å². The first-order valence-electron chi connectivity index (χ1n) is 8.83. The van der Waals surface area contributed by atoms with E-state index in [1.165, 1.54) is 27.6 Å². The maximum absolute atomic E-state index is 5.50. The molecule has 1 N–H and O–H groups in total. The summed E-state index contributed by atoms with van der Waals surface area (Å²) in [7, 11) is 2.16. The molecule has 0 spiro atoms. The molecule has 2 heterocycles. The lowest BCUT2D eigenvalue weighted by Gasteiger charge is -2.13. The van der Waals surface area contributed by atoms with Gasteiger partial charge in [-0.2, -0.15) is 0 Å². The lowest BCUT2D eigenvalue weighted by molar-refractivity contribution is 0.113. The van der Waals surface area contributed by atoms with Gasteiger partial charge in [-0.3, -0.25) is 4.90 Å². The van der Waals surface area contributed by atoms with Crippen LogP contribution in [0.4, 0.5) is 0 Å². The van der Waals surface area contributed by atoms with Crippen LogP contribution in [0.25, 0.3) is 10.9 Å². The number of likely N-dealkylation sites (N-methyl/N-ethyl adjacent to an activating group) is 1. The fourth-order valence-corrected chi connectivity index (χ4v) is 3.53. The van der Waals surface area contributed by atoms with Crippen molar-refractivity contribution in [2.45, 2.75) is 33.4 Å². The van der Waals surface area contributed by atoms with Gasteiger partial charge in [-0.1, -0.05) is 6.92 Å². The summed E-state index contributed by atoms with van der Waals surface area (Å²) >= 11 is 0. The smallest absolute Gasteiger partial charge is 0.0593 e. The highest BCUT2D eigenvalue weighted by atomic mass is 16.5. The number of fused-ring (bicyclic) bond motifs is 2. The predicted molar refractivity (Wildman–Crippen MR) is 95.8 cm³/mol.